The molecule has 1 heterocycles. The summed E-state index contributed by atoms with van der Waals surface area (Å²) in [6, 6.07) is 0. The molecule has 0 aromatic carbocycles. The van der Waals surface area contributed by atoms with Crippen LogP contribution in [0.25, 0.3) is 0 Å². The predicted octanol–water partition coefficient (Wildman–Crippen LogP) is 1.98. The maximum atomic E-state index is 11.4. The van der Waals surface area contributed by atoms with Crippen LogP contribution < -0.4 is 5.32 Å². The Kier molecular flexibility index (Phi) is 5.17. The minimum atomic E-state index is -1.02. The molecule has 7 heteroatoms. The molecule has 0 radical (unpaired) electrons. The fourth-order valence-electron chi connectivity index (χ4n) is 1.97. The molecule has 21 heavy (non-hydrogen) atoms. The Morgan fingerprint density at radius 3 is 2.67 bits per heavy atom. The lowest BCUT2D eigenvalue weighted by atomic mass is 10.2. The second kappa shape index (κ2) is 6.89. The van der Waals surface area contributed by atoms with Crippen molar-refractivity contribution in [1.82, 2.24) is 15.3 Å². The van der Waals surface area contributed by atoms with Gasteiger partial charge in [-0.2, -0.15) is 0 Å². The summed E-state index contributed by atoms with van der Waals surface area (Å²) < 4.78 is 0. The molecular weight excluding hydrogens is 290 g/mol. The second-order valence-corrected chi connectivity index (χ2v) is 6.06. The first-order chi connectivity index (χ1) is 10.0. The Bertz CT molecular complexity index is 559. The van der Waals surface area contributed by atoms with Crippen molar-refractivity contribution in [2.75, 3.05) is 12.3 Å². The van der Waals surface area contributed by atoms with Gasteiger partial charge in [0.05, 0.1) is 5.69 Å². The standard InChI is InChI=1S/C14H19N3O3S/c1-3-15-10(18)6-7-21-13-11(14(19)20)8(2)16-12(17-13)9-4-5-9/h9H,3-7H2,1-2H3,(H,15,18)(H,19,20). The lowest BCUT2D eigenvalue weighted by Crippen LogP contribution is -2.22. The molecule has 1 saturated carbocycles. The third-order valence-corrected chi connectivity index (χ3v) is 4.15. The molecule has 1 aliphatic rings. The molecule has 1 aliphatic carbocycles. The molecule has 1 aromatic rings. The van der Waals surface area contributed by atoms with Crippen molar-refractivity contribution < 1.29 is 14.7 Å². The van der Waals surface area contributed by atoms with Gasteiger partial charge in [0.15, 0.2) is 0 Å². The number of nitrogens with zero attached hydrogens (tertiary/aromatic N) is 2. The molecule has 2 rings (SSSR count). The van der Waals surface area contributed by atoms with Gasteiger partial charge in [-0.25, -0.2) is 14.8 Å². The van der Waals surface area contributed by atoms with Crippen LogP contribution in [0.5, 0.6) is 0 Å². The summed E-state index contributed by atoms with van der Waals surface area (Å²) in [5, 5.41) is 12.5. The van der Waals surface area contributed by atoms with E-state index in [1.54, 1.807) is 6.92 Å². The minimum Gasteiger partial charge on any atom is -0.478 e. The fourth-order valence-corrected chi connectivity index (χ4v) is 2.99. The first kappa shape index (κ1) is 15.8. The highest BCUT2D eigenvalue weighted by molar-refractivity contribution is 7.99. The number of carboxylic acids is 1. The molecule has 0 spiro atoms. The number of hydrogen-bond donors (Lipinski definition) is 2. The maximum Gasteiger partial charge on any atom is 0.340 e. The number of rotatable bonds is 7. The van der Waals surface area contributed by atoms with Gasteiger partial charge in [0.25, 0.3) is 0 Å². The number of amides is 1. The van der Waals surface area contributed by atoms with Crippen LogP contribution in [-0.4, -0.2) is 39.2 Å². The van der Waals surface area contributed by atoms with Gasteiger partial charge in [-0.1, -0.05) is 0 Å². The Balaban J connectivity index is 2.11. The van der Waals surface area contributed by atoms with Crippen LogP contribution >= 0.6 is 11.8 Å². The molecule has 0 aliphatic heterocycles. The van der Waals surface area contributed by atoms with Gasteiger partial charge in [-0.3, -0.25) is 4.79 Å². The number of thioether (sulfide) groups is 1. The SMILES string of the molecule is CCNC(=O)CCSc1nc(C2CC2)nc(C)c1C(=O)O. The fraction of sp³-hybridized carbons (Fsp3) is 0.571. The lowest BCUT2D eigenvalue weighted by Gasteiger charge is -2.09. The van der Waals surface area contributed by atoms with Crippen molar-refractivity contribution in [2.24, 2.45) is 0 Å². The van der Waals surface area contributed by atoms with E-state index >= 15 is 0 Å². The monoisotopic (exact) mass is 309 g/mol. The van der Waals surface area contributed by atoms with Crippen LogP contribution in [0.4, 0.5) is 0 Å². The van der Waals surface area contributed by atoms with Crippen LogP contribution in [0.2, 0.25) is 0 Å². The van der Waals surface area contributed by atoms with Crippen molar-refractivity contribution in [1.29, 1.82) is 0 Å². The highest BCUT2D eigenvalue weighted by Crippen LogP contribution is 2.39. The normalized spacial score (nSPS) is 14.0. The Labute approximate surface area is 127 Å². The van der Waals surface area contributed by atoms with Gasteiger partial charge in [0.1, 0.15) is 16.4 Å². The molecule has 1 fully saturated rings. The predicted molar refractivity (Wildman–Crippen MR) is 79.7 cm³/mol. The van der Waals surface area contributed by atoms with Crippen LogP contribution in [0.3, 0.4) is 0 Å². The maximum absolute atomic E-state index is 11.4. The van der Waals surface area contributed by atoms with Gasteiger partial charge < -0.3 is 10.4 Å². The van der Waals surface area contributed by atoms with Crippen molar-refractivity contribution in [3.8, 4) is 0 Å². The van der Waals surface area contributed by atoms with E-state index in [1.807, 2.05) is 6.92 Å². The van der Waals surface area contributed by atoms with Crippen LogP contribution in [-0.2, 0) is 4.79 Å². The van der Waals surface area contributed by atoms with E-state index in [-0.39, 0.29) is 11.5 Å². The van der Waals surface area contributed by atoms with Crippen LogP contribution in [0.1, 0.15) is 54.0 Å². The summed E-state index contributed by atoms with van der Waals surface area (Å²) in [6.07, 6.45) is 2.48. The summed E-state index contributed by atoms with van der Waals surface area (Å²) in [5.74, 6) is 0.560. The third kappa shape index (κ3) is 4.17. The smallest absolute Gasteiger partial charge is 0.340 e. The van der Waals surface area contributed by atoms with Crippen LogP contribution in [0.15, 0.2) is 5.03 Å². The van der Waals surface area contributed by atoms with E-state index in [0.717, 1.165) is 18.7 Å². The molecule has 0 bridgehead atoms. The van der Waals surface area contributed by atoms with E-state index in [0.29, 0.717) is 35.4 Å². The average molecular weight is 309 g/mol. The minimum absolute atomic E-state index is 0.0323. The van der Waals surface area contributed by atoms with Crippen molar-refractivity contribution in [2.45, 2.75) is 44.1 Å². The summed E-state index contributed by atoms with van der Waals surface area (Å²) >= 11 is 1.31. The zero-order valence-electron chi connectivity index (χ0n) is 12.2. The molecule has 0 atom stereocenters. The molecule has 0 unspecified atom stereocenters. The highest BCUT2D eigenvalue weighted by atomic mass is 32.2. The van der Waals surface area contributed by atoms with E-state index in [2.05, 4.69) is 15.3 Å². The summed E-state index contributed by atoms with van der Waals surface area (Å²) in [6.45, 7) is 4.16. The number of carbonyl (C=O) groups is 2. The molecular formula is C14H19N3O3S. The number of aryl methyl sites for hydroxylation is 1. The van der Waals surface area contributed by atoms with Gasteiger partial charge in [0, 0.05) is 24.6 Å². The van der Waals surface area contributed by atoms with E-state index in [1.165, 1.54) is 11.8 Å². The molecule has 2 N–H and O–H groups in total. The summed E-state index contributed by atoms with van der Waals surface area (Å²) in [5.41, 5.74) is 0.653. The Morgan fingerprint density at radius 1 is 1.38 bits per heavy atom. The molecule has 1 aromatic heterocycles. The van der Waals surface area contributed by atoms with E-state index in [4.69, 9.17) is 0 Å². The van der Waals surface area contributed by atoms with Gasteiger partial charge >= 0.3 is 5.97 Å². The number of carboxylic acid groups (broad SMARTS) is 1. The largest absolute Gasteiger partial charge is 0.478 e. The molecule has 0 saturated heterocycles. The number of carbonyl (C=O) groups excluding carboxylic acids is 1. The molecule has 6 nitrogen and oxygen atoms in total. The van der Waals surface area contributed by atoms with E-state index in [9.17, 15) is 14.7 Å². The molecule has 1 amide bonds. The quantitative estimate of drug-likeness (QED) is 0.591. The average Bonchev–Trinajstić information content (AvgIpc) is 3.22. The molecule has 114 valence electrons. The first-order valence-corrected chi connectivity index (χ1v) is 8.02. The van der Waals surface area contributed by atoms with Crippen molar-refractivity contribution in [3.05, 3.63) is 17.1 Å². The highest BCUT2D eigenvalue weighted by Gasteiger charge is 2.29. The topological polar surface area (TPSA) is 92.2 Å². The zero-order valence-corrected chi connectivity index (χ0v) is 13.0. The summed E-state index contributed by atoms with van der Waals surface area (Å²) in [4.78, 5) is 31.5. The zero-order chi connectivity index (χ0) is 15.4. The van der Waals surface area contributed by atoms with Gasteiger partial charge in [-0.15, -0.1) is 11.8 Å². The Morgan fingerprint density at radius 2 is 2.10 bits per heavy atom. The van der Waals surface area contributed by atoms with E-state index < -0.39 is 5.97 Å². The first-order valence-electron chi connectivity index (χ1n) is 7.04. The number of hydrogen-bond acceptors (Lipinski definition) is 5. The number of aromatic nitrogens is 2. The van der Waals surface area contributed by atoms with Crippen LogP contribution in [0, 0.1) is 6.92 Å². The summed E-state index contributed by atoms with van der Waals surface area (Å²) in [7, 11) is 0. The number of nitrogens with one attached hydrogen (secondary N) is 1. The van der Waals surface area contributed by atoms with Crippen molar-refractivity contribution >= 4 is 23.6 Å². The lowest BCUT2D eigenvalue weighted by molar-refractivity contribution is -0.120. The third-order valence-electron chi connectivity index (χ3n) is 3.17. The second-order valence-electron chi connectivity index (χ2n) is 4.98. The van der Waals surface area contributed by atoms with Gasteiger partial charge in [-0.05, 0) is 26.7 Å². The van der Waals surface area contributed by atoms with Crippen molar-refractivity contribution in [3.63, 3.8) is 0 Å². The Hall–Kier alpha value is -1.63. The number of aromatic carboxylic acids is 1. The van der Waals surface area contributed by atoms with Gasteiger partial charge in [0.2, 0.25) is 5.91 Å².